The van der Waals surface area contributed by atoms with E-state index >= 15 is 0 Å². The van der Waals surface area contributed by atoms with Gasteiger partial charge in [-0.15, -0.1) is 0 Å². The fourth-order valence-corrected chi connectivity index (χ4v) is 2.86. The van der Waals surface area contributed by atoms with Gasteiger partial charge in [-0.05, 0) is 37.0 Å². The summed E-state index contributed by atoms with van der Waals surface area (Å²) in [6, 6.07) is 14.0. The number of aryl methyl sites for hydroxylation is 1. The van der Waals surface area contributed by atoms with Crippen LogP contribution >= 0.6 is 0 Å². The number of urea groups is 1. The van der Waals surface area contributed by atoms with Crippen molar-refractivity contribution in [3.05, 3.63) is 60.4 Å². The average Bonchev–Trinajstić information content (AvgIpc) is 3.10. The standard InChI is InChI=1S/C19H23N3O2/c23-19(21-17-9-4-11-20-14-17)22-12-10-18(15-22)24-13-5-8-16-6-2-1-3-7-16/h1-4,6-7,9,11,14,18H,5,8,10,12-13,15H2,(H,21,23). The molecule has 3 rings (SSSR count). The molecule has 0 radical (unpaired) electrons. The van der Waals surface area contributed by atoms with Crippen molar-refractivity contribution in [2.45, 2.75) is 25.4 Å². The van der Waals surface area contributed by atoms with Crippen molar-refractivity contribution in [3.8, 4) is 0 Å². The van der Waals surface area contributed by atoms with Crippen LogP contribution in [0.4, 0.5) is 10.5 Å². The Kier molecular flexibility index (Phi) is 5.80. The summed E-state index contributed by atoms with van der Waals surface area (Å²) in [4.78, 5) is 18.0. The summed E-state index contributed by atoms with van der Waals surface area (Å²) in [7, 11) is 0. The Balaban J connectivity index is 1.35. The summed E-state index contributed by atoms with van der Waals surface area (Å²) in [5.74, 6) is 0. The van der Waals surface area contributed by atoms with Crippen LogP contribution in [-0.4, -0.2) is 41.7 Å². The van der Waals surface area contributed by atoms with Crippen LogP contribution < -0.4 is 5.32 Å². The van der Waals surface area contributed by atoms with Crippen LogP contribution in [0.1, 0.15) is 18.4 Å². The lowest BCUT2D eigenvalue weighted by Crippen LogP contribution is -2.34. The van der Waals surface area contributed by atoms with Crippen molar-refractivity contribution in [1.29, 1.82) is 0 Å². The fraction of sp³-hybridized carbons (Fsp3) is 0.368. The van der Waals surface area contributed by atoms with E-state index in [2.05, 4.69) is 34.6 Å². The number of rotatable bonds is 6. The van der Waals surface area contributed by atoms with E-state index in [0.717, 1.165) is 38.1 Å². The largest absolute Gasteiger partial charge is 0.376 e. The first kappa shape index (κ1) is 16.5. The van der Waals surface area contributed by atoms with E-state index in [9.17, 15) is 4.79 Å². The molecule has 5 nitrogen and oxygen atoms in total. The molecule has 1 aliphatic rings. The number of aromatic nitrogens is 1. The molecule has 1 aliphatic heterocycles. The van der Waals surface area contributed by atoms with Crippen LogP contribution in [0.3, 0.4) is 0 Å². The molecule has 126 valence electrons. The van der Waals surface area contributed by atoms with E-state index in [1.165, 1.54) is 5.56 Å². The molecule has 24 heavy (non-hydrogen) atoms. The number of amides is 2. The molecule has 1 fully saturated rings. The molecule has 2 aromatic rings. The van der Waals surface area contributed by atoms with E-state index in [1.807, 2.05) is 12.1 Å². The van der Waals surface area contributed by atoms with Gasteiger partial charge in [0.05, 0.1) is 18.0 Å². The predicted octanol–water partition coefficient (Wildman–Crippen LogP) is 3.34. The van der Waals surface area contributed by atoms with Crippen LogP contribution in [-0.2, 0) is 11.2 Å². The molecule has 2 heterocycles. The Morgan fingerprint density at radius 1 is 1.25 bits per heavy atom. The van der Waals surface area contributed by atoms with Crippen LogP contribution in [0.5, 0.6) is 0 Å². The molecule has 2 amide bonds. The average molecular weight is 325 g/mol. The van der Waals surface area contributed by atoms with E-state index in [0.29, 0.717) is 6.54 Å². The highest BCUT2D eigenvalue weighted by molar-refractivity contribution is 5.89. The van der Waals surface area contributed by atoms with Crippen molar-refractivity contribution >= 4 is 11.7 Å². The molecule has 0 bridgehead atoms. The van der Waals surface area contributed by atoms with Crippen LogP contribution in [0, 0.1) is 0 Å². The summed E-state index contributed by atoms with van der Waals surface area (Å²) in [6.45, 7) is 2.12. The fourth-order valence-electron chi connectivity index (χ4n) is 2.86. The monoisotopic (exact) mass is 325 g/mol. The van der Waals surface area contributed by atoms with Gasteiger partial charge in [0.1, 0.15) is 0 Å². The second kappa shape index (κ2) is 8.45. The number of hydrogen-bond acceptors (Lipinski definition) is 3. The molecule has 0 aliphatic carbocycles. The summed E-state index contributed by atoms with van der Waals surface area (Å²) < 4.78 is 5.92. The zero-order chi connectivity index (χ0) is 16.6. The van der Waals surface area contributed by atoms with E-state index < -0.39 is 0 Å². The maximum atomic E-state index is 12.2. The number of likely N-dealkylation sites (tertiary alicyclic amines) is 1. The molecule has 1 unspecified atom stereocenters. The summed E-state index contributed by atoms with van der Waals surface area (Å²) >= 11 is 0. The number of carbonyl (C=O) groups is 1. The number of benzene rings is 1. The highest BCUT2D eigenvalue weighted by atomic mass is 16.5. The Bertz CT molecular complexity index is 634. The van der Waals surface area contributed by atoms with Crippen molar-refractivity contribution in [2.75, 3.05) is 25.0 Å². The lowest BCUT2D eigenvalue weighted by atomic mass is 10.1. The van der Waals surface area contributed by atoms with Gasteiger partial charge in [0.2, 0.25) is 0 Å². The zero-order valence-corrected chi connectivity index (χ0v) is 13.7. The van der Waals surface area contributed by atoms with E-state index in [-0.39, 0.29) is 12.1 Å². The van der Waals surface area contributed by atoms with Gasteiger partial charge in [-0.1, -0.05) is 30.3 Å². The molecule has 1 saturated heterocycles. The summed E-state index contributed by atoms with van der Waals surface area (Å²) in [5.41, 5.74) is 2.06. The van der Waals surface area contributed by atoms with Crippen molar-refractivity contribution in [1.82, 2.24) is 9.88 Å². The summed E-state index contributed by atoms with van der Waals surface area (Å²) in [5, 5.41) is 2.86. The van der Waals surface area contributed by atoms with Crippen LogP contribution in [0.15, 0.2) is 54.9 Å². The Labute approximate surface area is 142 Å². The van der Waals surface area contributed by atoms with Gasteiger partial charge >= 0.3 is 6.03 Å². The molecule has 5 heteroatoms. The van der Waals surface area contributed by atoms with Gasteiger partial charge in [-0.2, -0.15) is 0 Å². The number of anilines is 1. The van der Waals surface area contributed by atoms with Gasteiger partial charge in [-0.25, -0.2) is 4.79 Å². The van der Waals surface area contributed by atoms with Gasteiger partial charge < -0.3 is 15.0 Å². The van der Waals surface area contributed by atoms with Gasteiger partial charge in [0.25, 0.3) is 0 Å². The second-order valence-corrected chi connectivity index (χ2v) is 5.99. The minimum Gasteiger partial charge on any atom is -0.376 e. The molecule has 1 aromatic carbocycles. The molecule has 1 aromatic heterocycles. The normalized spacial score (nSPS) is 17.0. The van der Waals surface area contributed by atoms with Crippen LogP contribution in [0.25, 0.3) is 0 Å². The number of ether oxygens (including phenoxy) is 1. The van der Waals surface area contributed by atoms with E-state index in [4.69, 9.17) is 4.74 Å². The molecule has 1 N–H and O–H groups in total. The van der Waals surface area contributed by atoms with Crippen LogP contribution in [0.2, 0.25) is 0 Å². The van der Waals surface area contributed by atoms with E-state index in [1.54, 1.807) is 23.4 Å². The van der Waals surface area contributed by atoms with Gasteiger partial charge in [0, 0.05) is 25.9 Å². The zero-order valence-electron chi connectivity index (χ0n) is 13.7. The number of nitrogens with one attached hydrogen (secondary N) is 1. The molecule has 1 atom stereocenters. The number of carbonyl (C=O) groups excluding carboxylic acids is 1. The number of pyridine rings is 1. The lowest BCUT2D eigenvalue weighted by molar-refractivity contribution is 0.0601. The maximum absolute atomic E-state index is 12.2. The third kappa shape index (κ3) is 4.80. The Morgan fingerprint density at radius 3 is 2.92 bits per heavy atom. The number of hydrogen-bond donors (Lipinski definition) is 1. The molecule has 0 saturated carbocycles. The number of nitrogens with zero attached hydrogens (tertiary/aromatic N) is 2. The first-order chi connectivity index (χ1) is 11.8. The SMILES string of the molecule is O=C(Nc1cccnc1)N1CCC(OCCCc2ccccc2)C1. The highest BCUT2D eigenvalue weighted by Crippen LogP contribution is 2.15. The summed E-state index contributed by atoms with van der Waals surface area (Å²) in [6.07, 6.45) is 6.39. The first-order valence-corrected chi connectivity index (χ1v) is 8.43. The van der Waals surface area contributed by atoms with Crippen molar-refractivity contribution in [2.24, 2.45) is 0 Å². The lowest BCUT2D eigenvalue weighted by Gasteiger charge is -2.17. The smallest absolute Gasteiger partial charge is 0.321 e. The highest BCUT2D eigenvalue weighted by Gasteiger charge is 2.26. The topological polar surface area (TPSA) is 54.5 Å². The maximum Gasteiger partial charge on any atom is 0.321 e. The first-order valence-electron chi connectivity index (χ1n) is 8.43. The van der Waals surface area contributed by atoms with Crippen molar-refractivity contribution < 1.29 is 9.53 Å². The van der Waals surface area contributed by atoms with Gasteiger partial charge in [-0.3, -0.25) is 4.98 Å². The molecular weight excluding hydrogens is 302 g/mol. The predicted molar refractivity (Wildman–Crippen MR) is 93.9 cm³/mol. The molecule has 0 spiro atoms. The van der Waals surface area contributed by atoms with Crippen molar-refractivity contribution in [3.63, 3.8) is 0 Å². The third-order valence-electron chi connectivity index (χ3n) is 4.15. The Hall–Kier alpha value is -2.40. The minimum atomic E-state index is -0.0848. The third-order valence-corrected chi connectivity index (χ3v) is 4.15. The minimum absolute atomic E-state index is 0.0848. The second-order valence-electron chi connectivity index (χ2n) is 5.99. The Morgan fingerprint density at radius 2 is 2.12 bits per heavy atom. The van der Waals surface area contributed by atoms with Gasteiger partial charge in [0.15, 0.2) is 0 Å². The quantitative estimate of drug-likeness (QED) is 0.829. The molecular formula is C19H23N3O2.